The molecule has 3 rings (SSSR count). The van der Waals surface area contributed by atoms with Gasteiger partial charge in [0.15, 0.2) is 5.96 Å². The topological polar surface area (TPSA) is 61.8 Å². The molecule has 2 N–H and O–H groups in total. The molecule has 176 valence electrons. The maximum absolute atomic E-state index is 6.10. The Hall–Kier alpha value is -1.09. The zero-order valence-electron chi connectivity index (χ0n) is 20.0. The molecule has 2 atom stereocenters. The van der Waals surface area contributed by atoms with Crippen LogP contribution in [0.25, 0.3) is 0 Å². The van der Waals surface area contributed by atoms with E-state index in [1.165, 1.54) is 24.8 Å². The van der Waals surface area contributed by atoms with E-state index in [0.717, 1.165) is 50.4 Å². The van der Waals surface area contributed by atoms with Crippen molar-refractivity contribution in [3.63, 3.8) is 0 Å². The molecule has 1 aromatic rings. The lowest BCUT2D eigenvalue weighted by atomic mass is 9.78. The second kappa shape index (κ2) is 12.2. The number of nitrogens with one attached hydrogen (secondary N) is 2. The van der Waals surface area contributed by atoms with Gasteiger partial charge in [-0.15, -0.1) is 24.0 Å². The summed E-state index contributed by atoms with van der Waals surface area (Å²) in [7, 11) is 1.83. The van der Waals surface area contributed by atoms with Crippen molar-refractivity contribution in [1.82, 2.24) is 15.6 Å². The summed E-state index contributed by atoms with van der Waals surface area (Å²) in [5.74, 6) is 3.27. The van der Waals surface area contributed by atoms with Gasteiger partial charge in [0.1, 0.15) is 5.82 Å². The molecule has 2 aliphatic rings. The molecule has 2 unspecified atom stereocenters. The van der Waals surface area contributed by atoms with E-state index in [1.54, 1.807) is 0 Å². The molecule has 3 heterocycles. The first-order valence-corrected chi connectivity index (χ1v) is 11.6. The van der Waals surface area contributed by atoms with Crippen LogP contribution in [0.5, 0.6) is 0 Å². The first-order chi connectivity index (χ1) is 14.4. The van der Waals surface area contributed by atoms with Crippen LogP contribution in [-0.4, -0.2) is 50.3 Å². The van der Waals surface area contributed by atoms with Crippen molar-refractivity contribution < 1.29 is 4.74 Å². The van der Waals surface area contributed by atoms with Crippen LogP contribution >= 0.6 is 24.0 Å². The third-order valence-electron chi connectivity index (χ3n) is 6.43. The fourth-order valence-electron chi connectivity index (χ4n) is 4.59. The Bertz CT molecular complexity index is 680. The molecule has 0 spiro atoms. The minimum Gasteiger partial charge on any atom is -0.377 e. The molecule has 2 aliphatic heterocycles. The van der Waals surface area contributed by atoms with E-state index in [2.05, 4.69) is 60.4 Å². The molecule has 1 aromatic heterocycles. The number of rotatable bonds is 5. The maximum atomic E-state index is 6.10. The summed E-state index contributed by atoms with van der Waals surface area (Å²) in [5.41, 5.74) is 1.32. The van der Waals surface area contributed by atoms with Crippen LogP contribution in [0.15, 0.2) is 23.3 Å². The highest BCUT2D eigenvalue weighted by molar-refractivity contribution is 14.0. The molecule has 0 aliphatic carbocycles. The van der Waals surface area contributed by atoms with Gasteiger partial charge < -0.3 is 20.3 Å². The van der Waals surface area contributed by atoms with Crippen LogP contribution in [0.1, 0.15) is 58.9 Å². The number of piperidine rings is 1. The van der Waals surface area contributed by atoms with Crippen LogP contribution in [0.2, 0.25) is 0 Å². The second-order valence-corrected chi connectivity index (χ2v) is 10.1. The zero-order chi connectivity index (χ0) is 21.6. The second-order valence-electron chi connectivity index (χ2n) is 10.1. The largest absolute Gasteiger partial charge is 0.377 e. The monoisotopic (exact) mass is 543 g/mol. The van der Waals surface area contributed by atoms with Crippen molar-refractivity contribution in [3.05, 3.63) is 23.9 Å². The lowest BCUT2D eigenvalue weighted by molar-refractivity contribution is -0.0835. The Morgan fingerprint density at radius 1 is 1.19 bits per heavy atom. The zero-order valence-corrected chi connectivity index (χ0v) is 22.3. The summed E-state index contributed by atoms with van der Waals surface area (Å²) in [4.78, 5) is 11.5. The SMILES string of the molecule is CN=C(NCc1ccc(N2CCC(C)CC2)nc1)NCC1CCCOC1C(C)(C)C.I. The van der Waals surface area contributed by atoms with E-state index in [0.29, 0.717) is 12.5 Å². The summed E-state index contributed by atoms with van der Waals surface area (Å²) in [6, 6.07) is 4.32. The summed E-state index contributed by atoms with van der Waals surface area (Å²) < 4.78 is 6.10. The smallest absolute Gasteiger partial charge is 0.191 e. The molecular weight excluding hydrogens is 501 g/mol. The Kier molecular flexibility index (Phi) is 10.3. The Labute approximate surface area is 206 Å². The summed E-state index contributed by atoms with van der Waals surface area (Å²) in [6.07, 6.45) is 7.12. The first kappa shape index (κ1) is 26.2. The average Bonchev–Trinajstić information content (AvgIpc) is 2.74. The highest BCUT2D eigenvalue weighted by atomic mass is 127. The predicted octanol–water partition coefficient (Wildman–Crippen LogP) is 4.44. The molecule has 7 heteroatoms. The van der Waals surface area contributed by atoms with Gasteiger partial charge in [0, 0.05) is 51.9 Å². The predicted molar refractivity (Wildman–Crippen MR) is 140 cm³/mol. The quantitative estimate of drug-likeness (QED) is 0.327. The molecule has 2 fully saturated rings. The number of nitrogens with zero attached hydrogens (tertiary/aromatic N) is 3. The van der Waals surface area contributed by atoms with E-state index < -0.39 is 0 Å². The number of ether oxygens (including phenoxy) is 1. The highest BCUT2D eigenvalue weighted by Crippen LogP contribution is 2.33. The van der Waals surface area contributed by atoms with Crippen molar-refractivity contribution in [2.45, 2.75) is 66.0 Å². The van der Waals surface area contributed by atoms with Gasteiger partial charge in [0.25, 0.3) is 0 Å². The summed E-state index contributed by atoms with van der Waals surface area (Å²) in [6.45, 7) is 13.8. The van der Waals surface area contributed by atoms with Gasteiger partial charge in [0.05, 0.1) is 6.10 Å². The number of aliphatic imine (C=N–C) groups is 1. The normalized spacial score (nSPS) is 23.3. The van der Waals surface area contributed by atoms with E-state index in [9.17, 15) is 0 Å². The van der Waals surface area contributed by atoms with Gasteiger partial charge in [-0.2, -0.15) is 0 Å². The van der Waals surface area contributed by atoms with Crippen LogP contribution < -0.4 is 15.5 Å². The molecule has 2 saturated heterocycles. The number of aromatic nitrogens is 1. The lowest BCUT2D eigenvalue weighted by Gasteiger charge is -2.40. The van der Waals surface area contributed by atoms with E-state index in [-0.39, 0.29) is 35.5 Å². The summed E-state index contributed by atoms with van der Waals surface area (Å²) in [5, 5.41) is 6.94. The molecular formula is C24H42IN5O. The third kappa shape index (κ3) is 7.77. The molecule has 0 radical (unpaired) electrons. The van der Waals surface area contributed by atoms with Crippen LogP contribution in [0.4, 0.5) is 5.82 Å². The third-order valence-corrected chi connectivity index (χ3v) is 6.43. The molecule has 6 nitrogen and oxygen atoms in total. The van der Waals surface area contributed by atoms with Crippen LogP contribution in [0, 0.1) is 17.3 Å². The average molecular weight is 544 g/mol. The van der Waals surface area contributed by atoms with Gasteiger partial charge in [-0.05, 0) is 48.6 Å². The standard InChI is InChI=1S/C24H41N5O.HI/c1-18-10-12-29(13-11-18)21-9-8-19(15-26-21)16-27-23(25-5)28-17-20-7-6-14-30-22(20)24(2,3)4;/h8-9,15,18,20,22H,6-7,10-14,16-17H2,1-5H3,(H2,25,27,28);1H. The maximum Gasteiger partial charge on any atom is 0.191 e. The number of pyridine rings is 1. The minimum atomic E-state index is 0. The van der Waals surface area contributed by atoms with Gasteiger partial charge in [0.2, 0.25) is 0 Å². The van der Waals surface area contributed by atoms with Crippen molar-refractivity contribution in [2.24, 2.45) is 22.2 Å². The highest BCUT2D eigenvalue weighted by Gasteiger charge is 2.35. The number of hydrogen-bond donors (Lipinski definition) is 2. The van der Waals surface area contributed by atoms with E-state index in [1.807, 2.05) is 13.2 Å². The molecule has 0 aromatic carbocycles. The van der Waals surface area contributed by atoms with Crippen LogP contribution in [0.3, 0.4) is 0 Å². The van der Waals surface area contributed by atoms with Gasteiger partial charge >= 0.3 is 0 Å². The van der Waals surface area contributed by atoms with Gasteiger partial charge in [-0.3, -0.25) is 4.99 Å². The Balaban J connectivity index is 0.00000341. The molecule has 31 heavy (non-hydrogen) atoms. The number of hydrogen-bond acceptors (Lipinski definition) is 4. The van der Waals surface area contributed by atoms with Crippen molar-refractivity contribution >= 4 is 35.8 Å². The Morgan fingerprint density at radius 3 is 2.55 bits per heavy atom. The van der Waals surface area contributed by atoms with Gasteiger partial charge in [-0.1, -0.05) is 33.8 Å². The number of halogens is 1. The summed E-state index contributed by atoms with van der Waals surface area (Å²) >= 11 is 0. The number of anilines is 1. The number of guanidine groups is 1. The van der Waals surface area contributed by atoms with Crippen molar-refractivity contribution in [3.8, 4) is 0 Å². The van der Waals surface area contributed by atoms with Crippen LogP contribution in [-0.2, 0) is 11.3 Å². The molecule has 0 amide bonds. The van der Waals surface area contributed by atoms with E-state index in [4.69, 9.17) is 9.72 Å². The molecule has 0 saturated carbocycles. The van der Waals surface area contributed by atoms with Crippen molar-refractivity contribution in [2.75, 3.05) is 38.2 Å². The lowest BCUT2D eigenvalue weighted by Crippen LogP contribution is -2.47. The molecule has 0 bridgehead atoms. The van der Waals surface area contributed by atoms with E-state index >= 15 is 0 Å². The van der Waals surface area contributed by atoms with Crippen molar-refractivity contribution in [1.29, 1.82) is 0 Å². The minimum absolute atomic E-state index is 0. The Morgan fingerprint density at radius 2 is 1.94 bits per heavy atom. The van der Waals surface area contributed by atoms with Gasteiger partial charge in [-0.25, -0.2) is 4.98 Å². The fourth-order valence-corrected chi connectivity index (χ4v) is 4.59. The fraction of sp³-hybridized carbons (Fsp3) is 0.750. The first-order valence-electron chi connectivity index (χ1n) is 11.6.